The van der Waals surface area contributed by atoms with Gasteiger partial charge in [-0.15, -0.1) is 0 Å². The number of hydrogen-bond acceptors (Lipinski definition) is 5. The average Bonchev–Trinajstić information content (AvgIpc) is 3.51. The Hall–Kier alpha value is -3.29. The second-order valence-corrected chi connectivity index (χ2v) is 8.16. The molecule has 8 nitrogen and oxygen atoms in total. The number of carbonyl (C=O) groups is 2. The molecule has 1 saturated carbocycles. The average molecular weight is 406 g/mol. The fourth-order valence-electron chi connectivity index (χ4n) is 3.57. The number of aromatic nitrogens is 2. The summed E-state index contributed by atoms with van der Waals surface area (Å²) >= 11 is 0. The molecular weight excluding hydrogens is 380 g/mol. The Morgan fingerprint density at radius 1 is 1.30 bits per heavy atom. The molecule has 1 aliphatic carbocycles. The van der Waals surface area contributed by atoms with Crippen LogP contribution in [0.3, 0.4) is 0 Å². The van der Waals surface area contributed by atoms with Gasteiger partial charge in [0.15, 0.2) is 0 Å². The summed E-state index contributed by atoms with van der Waals surface area (Å²) in [4.78, 5) is 34.1. The zero-order valence-electron chi connectivity index (χ0n) is 17.2. The molecule has 156 valence electrons. The molecule has 4 rings (SSSR count). The number of anilines is 1. The third-order valence-corrected chi connectivity index (χ3v) is 5.85. The van der Waals surface area contributed by atoms with E-state index in [4.69, 9.17) is 10.8 Å². The molecule has 2 aromatic rings. The Kier molecular flexibility index (Phi) is 5.24. The van der Waals surface area contributed by atoms with Crippen LogP contribution >= 0.6 is 0 Å². The summed E-state index contributed by atoms with van der Waals surface area (Å²) in [7, 11) is 0. The van der Waals surface area contributed by atoms with Gasteiger partial charge in [0.05, 0.1) is 11.9 Å². The van der Waals surface area contributed by atoms with Gasteiger partial charge in [0.2, 0.25) is 5.91 Å². The molecule has 0 spiro atoms. The van der Waals surface area contributed by atoms with E-state index in [1.54, 1.807) is 20.0 Å². The van der Waals surface area contributed by atoms with Crippen LogP contribution in [0.2, 0.25) is 0 Å². The van der Waals surface area contributed by atoms with Gasteiger partial charge in [-0.1, -0.05) is 13.0 Å². The van der Waals surface area contributed by atoms with Crippen molar-refractivity contribution in [3.05, 3.63) is 30.1 Å². The molecule has 30 heavy (non-hydrogen) atoms. The highest BCUT2D eigenvalue weighted by Gasteiger charge is 2.33. The van der Waals surface area contributed by atoms with Crippen molar-refractivity contribution in [2.45, 2.75) is 33.1 Å². The van der Waals surface area contributed by atoms with Gasteiger partial charge in [0, 0.05) is 41.7 Å². The molecular formula is C22H26N6O2. The Bertz CT molecular complexity index is 1080. The predicted molar refractivity (Wildman–Crippen MR) is 117 cm³/mol. The maximum atomic E-state index is 12.3. The quantitative estimate of drug-likeness (QED) is 0.550. The molecule has 0 bridgehead atoms. The maximum absolute atomic E-state index is 12.3. The number of amides is 2. The Morgan fingerprint density at radius 3 is 2.70 bits per heavy atom. The van der Waals surface area contributed by atoms with Crippen LogP contribution in [0.4, 0.5) is 5.69 Å². The minimum absolute atomic E-state index is 0.144. The van der Waals surface area contributed by atoms with Crippen LogP contribution in [0.25, 0.3) is 16.6 Å². The fourth-order valence-corrected chi connectivity index (χ4v) is 3.57. The minimum atomic E-state index is -0.526. The number of H-pyrrole nitrogens is 1. The van der Waals surface area contributed by atoms with Crippen LogP contribution < -0.4 is 5.32 Å². The molecule has 2 aromatic heterocycles. The highest BCUT2D eigenvalue weighted by atomic mass is 16.2. The summed E-state index contributed by atoms with van der Waals surface area (Å²) < 4.78 is 0. The number of pyridine rings is 1. The van der Waals surface area contributed by atoms with Crippen molar-refractivity contribution in [2.24, 2.45) is 11.8 Å². The molecule has 0 saturated heterocycles. The van der Waals surface area contributed by atoms with Crippen molar-refractivity contribution >= 4 is 45.5 Å². The normalized spacial score (nSPS) is 17.4. The first-order chi connectivity index (χ1) is 14.3. The predicted octanol–water partition coefficient (Wildman–Crippen LogP) is 3.22. The van der Waals surface area contributed by atoms with Crippen LogP contribution in [-0.4, -0.2) is 51.2 Å². The van der Waals surface area contributed by atoms with E-state index in [9.17, 15) is 9.59 Å². The molecule has 1 unspecified atom stereocenters. The largest absolute Gasteiger partial charge is 0.339 e. The van der Waals surface area contributed by atoms with Crippen LogP contribution in [0.1, 0.15) is 38.8 Å². The molecule has 0 radical (unpaired) electrons. The SMILES string of the molecule is CC(=N)C(C)C(=N)C(=O)Nc1cnc2[nH]c(C3=CCN(C(=O)C4CC4)CC3)cc2c1. The van der Waals surface area contributed by atoms with E-state index in [2.05, 4.69) is 21.4 Å². The summed E-state index contributed by atoms with van der Waals surface area (Å²) in [6, 6.07) is 3.82. The molecule has 3 heterocycles. The second-order valence-electron chi connectivity index (χ2n) is 8.16. The van der Waals surface area contributed by atoms with Gasteiger partial charge >= 0.3 is 0 Å². The first-order valence-electron chi connectivity index (χ1n) is 10.2. The van der Waals surface area contributed by atoms with Crippen LogP contribution in [0, 0.1) is 22.7 Å². The molecule has 1 fully saturated rings. The molecule has 1 aliphatic heterocycles. The Labute approximate surface area is 174 Å². The van der Waals surface area contributed by atoms with Crippen LogP contribution in [-0.2, 0) is 9.59 Å². The van der Waals surface area contributed by atoms with E-state index in [1.807, 2.05) is 17.0 Å². The molecule has 8 heteroatoms. The summed E-state index contributed by atoms with van der Waals surface area (Å²) in [5.74, 6) is -0.521. The third-order valence-electron chi connectivity index (χ3n) is 5.85. The summed E-state index contributed by atoms with van der Waals surface area (Å²) in [5, 5.41) is 19.1. The topological polar surface area (TPSA) is 126 Å². The highest BCUT2D eigenvalue weighted by Crippen LogP contribution is 2.33. The number of fused-ring (bicyclic) bond motifs is 1. The summed E-state index contributed by atoms with van der Waals surface area (Å²) in [6.45, 7) is 4.63. The van der Waals surface area contributed by atoms with Gasteiger partial charge in [0.1, 0.15) is 11.4 Å². The van der Waals surface area contributed by atoms with Crippen molar-refractivity contribution in [3.63, 3.8) is 0 Å². The highest BCUT2D eigenvalue weighted by molar-refractivity contribution is 6.45. The smallest absolute Gasteiger partial charge is 0.270 e. The molecule has 0 aromatic carbocycles. The summed E-state index contributed by atoms with van der Waals surface area (Å²) in [6.07, 6.45) is 6.50. The Morgan fingerprint density at radius 2 is 2.07 bits per heavy atom. The Balaban J connectivity index is 1.46. The number of rotatable bonds is 6. The van der Waals surface area contributed by atoms with Crippen molar-refractivity contribution in [2.75, 3.05) is 18.4 Å². The van der Waals surface area contributed by atoms with Crippen LogP contribution in [0.15, 0.2) is 24.4 Å². The number of aromatic amines is 1. The minimum Gasteiger partial charge on any atom is -0.339 e. The lowest BCUT2D eigenvalue weighted by atomic mass is 10.0. The van der Waals surface area contributed by atoms with Crippen molar-refractivity contribution in [1.82, 2.24) is 14.9 Å². The zero-order valence-corrected chi connectivity index (χ0v) is 17.2. The first-order valence-corrected chi connectivity index (χ1v) is 10.2. The molecule has 4 N–H and O–H groups in total. The lowest BCUT2D eigenvalue weighted by Gasteiger charge is -2.26. The lowest BCUT2D eigenvalue weighted by Crippen LogP contribution is -2.35. The van der Waals surface area contributed by atoms with Gasteiger partial charge in [-0.3, -0.25) is 15.0 Å². The number of hydrogen-bond donors (Lipinski definition) is 4. The van der Waals surface area contributed by atoms with Gasteiger partial charge in [0.25, 0.3) is 5.91 Å². The first kappa shape index (κ1) is 20.0. The van der Waals surface area contributed by atoms with Gasteiger partial charge in [-0.2, -0.15) is 0 Å². The fraction of sp³-hybridized carbons (Fsp3) is 0.409. The van der Waals surface area contributed by atoms with E-state index in [1.165, 1.54) is 0 Å². The number of nitrogens with one attached hydrogen (secondary N) is 4. The third kappa shape index (κ3) is 4.03. The van der Waals surface area contributed by atoms with E-state index < -0.39 is 11.8 Å². The van der Waals surface area contributed by atoms with Crippen molar-refractivity contribution in [3.8, 4) is 0 Å². The van der Waals surface area contributed by atoms with E-state index in [0.29, 0.717) is 12.2 Å². The van der Waals surface area contributed by atoms with Gasteiger partial charge < -0.3 is 20.6 Å². The number of carbonyl (C=O) groups excluding carboxylic acids is 2. The summed E-state index contributed by atoms with van der Waals surface area (Å²) in [5.41, 5.74) is 3.50. The zero-order chi connectivity index (χ0) is 21.4. The van der Waals surface area contributed by atoms with Crippen molar-refractivity contribution in [1.29, 1.82) is 10.8 Å². The van der Waals surface area contributed by atoms with E-state index in [0.717, 1.165) is 48.1 Å². The second kappa shape index (κ2) is 7.85. The standard InChI is InChI=1S/C22H26N6O2/c1-12(13(2)23)19(24)21(29)26-17-9-16-10-18(27-20(16)25-11-17)14-5-7-28(8-6-14)22(30)15-3-4-15/h5,9-12,15,23-24H,3-4,6-8H2,1-2H3,(H,25,27)(H,26,29). The monoisotopic (exact) mass is 406 g/mol. The molecule has 2 aliphatic rings. The van der Waals surface area contributed by atoms with E-state index >= 15 is 0 Å². The van der Waals surface area contributed by atoms with Crippen LogP contribution in [0.5, 0.6) is 0 Å². The van der Waals surface area contributed by atoms with Gasteiger partial charge in [-0.25, -0.2) is 4.98 Å². The van der Waals surface area contributed by atoms with Gasteiger partial charge in [-0.05, 0) is 43.9 Å². The number of nitrogens with zero attached hydrogens (tertiary/aromatic N) is 2. The molecule has 1 atom stereocenters. The molecule has 2 amide bonds. The van der Waals surface area contributed by atoms with E-state index in [-0.39, 0.29) is 23.2 Å². The maximum Gasteiger partial charge on any atom is 0.270 e. The lowest BCUT2D eigenvalue weighted by molar-refractivity contribution is -0.132. The van der Waals surface area contributed by atoms with Crippen molar-refractivity contribution < 1.29 is 9.59 Å².